The van der Waals surface area contributed by atoms with Crippen LogP contribution in [-0.4, -0.2) is 30.1 Å². The summed E-state index contributed by atoms with van der Waals surface area (Å²) in [6.07, 6.45) is 2.24. The molecule has 0 aromatic rings. The zero-order chi connectivity index (χ0) is 8.97. The number of piperidine rings is 1. The SMILES string of the molecule is CC#CCN1CCC(N)CC1C. The highest BCUT2D eigenvalue weighted by molar-refractivity contribution is 4.99. The van der Waals surface area contributed by atoms with Crippen LogP contribution >= 0.6 is 0 Å². The van der Waals surface area contributed by atoms with Gasteiger partial charge in [0, 0.05) is 18.6 Å². The van der Waals surface area contributed by atoms with Gasteiger partial charge in [0.15, 0.2) is 0 Å². The number of hydrogen-bond acceptors (Lipinski definition) is 2. The van der Waals surface area contributed by atoms with Gasteiger partial charge >= 0.3 is 0 Å². The molecule has 2 heteroatoms. The van der Waals surface area contributed by atoms with Crippen molar-refractivity contribution in [2.45, 2.75) is 38.8 Å². The second kappa shape index (κ2) is 4.49. The first-order valence-electron chi connectivity index (χ1n) is 4.63. The summed E-state index contributed by atoms with van der Waals surface area (Å²) in [5.74, 6) is 6.02. The van der Waals surface area contributed by atoms with Gasteiger partial charge < -0.3 is 5.73 Å². The zero-order valence-corrected chi connectivity index (χ0v) is 8.01. The van der Waals surface area contributed by atoms with E-state index in [1.807, 2.05) is 6.92 Å². The molecule has 1 saturated heterocycles. The number of hydrogen-bond donors (Lipinski definition) is 1. The quantitative estimate of drug-likeness (QED) is 0.584. The monoisotopic (exact) mass is 166 g/mol. The molecule has 68 valence electrons. The fourth-order valence-corrected chi connectivity index (χ4v) is 1.67. The average Bonchev–Trinajstić information content (AvgIpc) is 2.03. The van der Waals surface area contributed by atoms with Crippen LogP contribution in [0.15, 0.2) is 0 Å². The third-order valence-corrected chi connectivity index (χ3v) is 2.51. The number of rotatable bonds is 1. The minimum absolute atomic E-state index is 0.408. The normalized spacial score (nSPS) is 30.9. The summed E-state index contributed by atoms with van der Waals surface area (Å²) in [6, 6.07) is 1.01. The number of likely N-dealkylation sites (tertiary alicyclic amines) is 1. The molecular weight excluding hydrogens is 148 g/mol. The second-order valence-electron chi connectivity index (χ2n) is 3.53. The van der Waals surface area contributed by atoms with Crippen LogP contribution in [0.3, 0.4) is 0 Å². The summed E-state index contributed by atoms with van der Waals surface area (Å²) in [5.41, 5.74) is 5.85. The van der Waals surface area contributed by atoms with Crippen LogP contribution in [0.1, 0.15) is 26.7 Å². The van der Waals surface area contributed by atoms with Gasteiger partial charge in [-0.1, -0.05) is 5.92 Å². The molecule has 0 saturated carbocycles. The van der Waals surface area contributed by atoms with Crippen molar-refractivity contribution in [3.8, 4) is 11.8 Å². The van der Waals surface area contributed by atoms with Gasteiger partial charge in [-0.05, 0) is 26.7 Å². The Labute approximate surface area is 75.1 Å². The summed E-state index contributed by atoms with van der Waals surface area (Å²) < 4.78 is 0. The Morgan fingerprint density at radius 3 is 2.92 bits per heavy atom. The van der Waals surface area contributed by atoms with Gasteiger partial charge in [-0.25, -0.2) is 0 Å². The fraction of sp³-hybridized carbons (Fsp3) is 0.800. The predicted octanol–water partition coefficient (Wildman–Crippen LogP) is 0.821. The molecule has 2 atom stereocenters. The largest absolute Gasteiger partial charge is 0.328 e. The lowest BCUT2D eigenvalue weighted by Crippen LogP contribution is -2.45. The van der Waals surface area contributed by atoms with E-state index in [0.717, 1.165) is 25.9 Å². The van der Waals surface area contributed by atoms with E-state index in [0.29, 0.717) is 12.1 Å². The third kappa shape index (κ3) is 2.51. The highest BCUT2D eigenvalue weighted by atomic mass is 15.2. The smallest absolute Gasteiger partial charge is 0.0603 e. The van der Waals surface area contributed by atoms with Crippen molar-refractivity contribution in [3.05, 3.63) is 0 Å². The van der Waals surface area contributed by atoms with E-state index in [1.165, 1.54) is 0 Å². The van der Waals surface area contributed by atoms with Crippen molar-refractivity contribution in [1.29, 1.82) is 0 Å². The standard InChI is InChI=1S/C10H18N2/c1-3-4-6-12-7-5-10(11)8-9(12)2/h9-10H,5-8,11H2,1-2H3. The maximum atomic E-state index is 5.85. The van der Waals surface area contributed by atoms with Gasteiger partial charge in [0.25, 0.3) is 0 Å². The van der Waals surface area contributed by atoms with Crippen molar-refractivity contribution in [1.82, 2.24) is 4.90 Å². The molecule has 1 aliphatic heterocycles. The Hall–Kier alpha value is -0.520. The van der Waals surface area contributed by atoms with E-state index < -0.39 is 0 Å². The minimum Gasteiger partial charge on any atom is -0.328 e. The molecule has 0 aromatic carbocycles. The van der Waals surface area contributed by atoms with Gasteiger partial charge in [-0.2, -0.15) is 0 Å². The van der Waals surface area contributed by atoms with Crippen LogP contribution in [0.25, 0.3) is 0 Å². The van der Waals surface area contributed by atoms with E-state index in [1.54, 1.807) is 0 Å². The highest BCUT2D eigenvalue weighted by Crippen LogP contribution is 2.14. The van der Waals surface area contributed by atoms with E-state index >= 15 is 0 Å². The summed E-state index contributed by atoms with van der Waals surface area (Å²) >= 11 is 0. The van der Waals surface area contributed by atoms with Crippen LogP contribution in [0.2, 0.25) is 0 Å². The summed E-state index contributed by atoms with van der Waals surface area (Å²) in [6.45, 7) is 6.14. The van der Waals surface area contributed by atoms with Crippen LogP contribution in [0.4, 0.5) is 0 Å². The first-order valence-corrected chi connectivity index (χ1v) is 4.63. The van der Waals surface area contributed by atoms with Crippen LogP contribution < -0.4 is 5.73 Å². The summed E-state index contributed by atoms with van der Waals surface area (Å²) in [7, 11) is 0. The Kier molecular flexibility index (Phi) is 3.58. The van der Waals surface area contributed by atoms with Crippen LogP contribution in [0.5, 0.6) is 0 Å². The van der Waals surface area contributed by atoms with Crippen molar-refractivity contribution in [2.24, 2.45) is 5.73 Å². The Bertz CT molecular complexity index is 190. The predicted molar refractivity (Wildman–Crippen MR) is 51.7 cm³/mol. The van der Waals surface area contributed by atoms with Crippen LogP contribution in [0, 0.1) is 11.8 Å². The summed E-state index contributed by atoms with van der Waals surface area (Å²) in [4.78, 5) is 2.40. The molecule has 1 heterocycles. The van der Waals surface area contributed by atoms with Gasteiger partial charge in [-0.3, -0.25) is 4.90 Å². The average molecular weight is 166 g/mol. The molecule has 0 bridgehead atoms. The molecule has 1 rings (SSSR count). The van der Waals surface area contributed by atoms with Crippen molar-refractivity contribution in [2.75, 3.05) is 13.1 Å². The van der Waals surface area contributed by atoms with Gasteiger partial charge in [0.05, 0.1) is 6.54 Å². The Morgan fingerprint density at radius 1 is 1.58 bits per heavy atom. The molecule has 0 aromatic heterocycles. The Morgan fingerprint density at radius 2 is 2.33 bits per heavy atom. The van der Waals surface area contributed by atoms with E-state index in [9.17, 15) is 0 Å². The fourth-order valence-electron chi connectivity index (χ4n) is 1.67. The molecule has 12 heavy (non-hydrogen) atoms. The van der Waals surface area contributed by atoms with E-state index in [2.05, 4.69) is 23.7 Å². The molecule has 0 amide bonds. The molecule has 2 nitrogen and oxygen atoms in total. The van der Waals surface area contributed by atoms with E-state index in [-0.39, 0.29) is 0 Å². The van der Waals surface area contributed by atoms with Crippen molar-refractivity contribution >= 4 is 0 Å². The molecule has 1 aliphatic rings. The van der Waals surface area contributed by atoms with E-state index in [4.69, 9.17) is 5.73 Å². The minimum atomic E-state index is 0.408. The number of nitrogens with zero attached hydrogens (tertiary/aromatic N) is 1. The van der Waals surface area contributed by atoms with Crippen molar-refractivity contribution < 1.29 is 0 Å². The molecule has 2 N–H and O–H groups in total. The first-order chi connectivity index (χ1) is 5.74. The van der Waals surface area contributed by atoms with Crippen LogP contribution in [-0.2, 0) is 0 Å². The van der Waals surface area contributed by atoms with Crippen molar-refractivity contribution in [3.63, 3.8) is 0 Å². The Balaban J connectivity index is 2.38. The summed E-state index contributed by atoms with van der Waals surface area (Å²) in [5, 5.41) is 0. The van der Waals surface area contributed by atoms with Gasteiger partial charge in [0.1, 0.15) is 0 Å². The molecule has 0 aliphatic carbocycles. The number of nitrogens with two attached hydrogens (primary N) is 1. The molecule has 0 spiro atoms. The lowest BCUT2D eigenvalue weighted by atomic mass is 9.99. The second-order valence-corrected chi connectivity index (χ2v) is 3.53. The lowest BCUT2D eigenvalue weighted by molar-refractivity contribution is 0.167. The maximum absolute atomic E-state index is 5.85. The van der Waals surface area contributed by atoms with Gasteiger partial charge in [-0.15, -0.1) is 5.92 Å². The lowest BCUT2D eigenvalue weighted by Gasteiger charge is -2.34. The molecule has 0 radical (unpaired) electrons. The molecular formula is C10H18N2. The first kappa shape index (κ1) is 9.57. The maximum Gasteiger partial charge on any atom is 0.0603 e. The third-order valence-electron chi connectivity index (χ3n) is 2.51. The topological polar surface area (TPSA) is 29.3 Å². The van der Waals surface area contributed by atoms with Gasteiger partial charge in [0.2, 0.25) is 0 Å². The zero-order valence-electron chi connectivity index (χ0n) is 8.01. The molecule has 2 unspecified atom stereocenters. The molecule has 1 fully saturated rings. The highest BCUT2D eigenvalue weighted by Gasteiger charge is 2.21.